The van der Waals surface area contributed by atoms with Crippen molar-refractivity contribution in [2.24, 2.45) is 17.3 Å². The van der Waals surface area contributed by atoms with E-state index in [1.54, 1.807) is 29.7 Å². The Morgan fingerprint density at radius 3 is 2.89 bits per heavy atom. The van der Waals surface area contributed by atoms with Crippen LogP contribution in [0, 0.1) is 12.9 Å². The Morgan fingerprint density at radius 2 is 2.14 bits per heavy atom. The number of hydrazone groups is 2. The van der Waals surface area contributed by atoms with Gasteiger partial charge in [0.15, 0.2) is 11.6 Å². The lowest BCUT2D eigenvalue weighted by atomic mass is 10.1. The highest BCUT2D eigenvalue weighted by molar-refractivity contribution is 7.19. The van der Waals surface area contributed by atoms with Gasteiger partial charge in [0, 0.05) is 48.4 Å². The summed E-state index contributed by atoms with van der Waals surface area (Å²) in [6, 6.07) is 4.90. The van der Waals surface area contributed by atoms with Gasteiger partial charge in [-0.2, -0.15) is 14.6 Å². The van der Waals surface area contributed by atoms with Gasteiger partial charge < -0.3 is 15.0 Å². The molecule has 0 bridgehead atoms. The fourth-order valence-electron chi connectivity index (χ4n) is 3.89. The van der Waals surface area contributed by atoms with Crippen molar-refractivity contribution in [1.29, 1.82) is 0 Å². The van der Waals surface area contributed by atoms with Crippen LogP contribution in [0.5, 0.6) is 0 Å². The number of nitrogens with one attached hydrogen (secondary N) is 2. The zero-order valence-electron chi connectivity index (χ0n) is 20.3. The average molecular weight is 497 g/mol. The highest BCUT2D eigenvalue weighted by atomic mass is 32.1. The van der Waals surface area contributed by atoms with Crippen LogP contribution in [0.25, 0.3) is 21.4 Å². The second kappa shape index (κ2) is 10.8. The molecule has 2 N–H and O–H groups in total. The van der Waals surface area contributed by atoms with Crippen molar-refractivity contribution in [3.63, 3.8) is 0 Å². The van der Waals surface area contributed by atoms with Crippen molar-refractivity contribution < 1.29 is 9.18 Å². The van der Waals surface area contributed by atoms with Crippen LogP contribution in [0.4, 0.5) is 4.39 Å². The zero-order chi connectivity index (χ0) is 24.9. The number of aromatic amines is 1. The molecule has 0 fully saturated rings. The third kappa shape index (κ3) is 5.24. The average Bonchev–Trinajstić information content (AvgIpc) is 3.52. The molecule has 5 heterocycles. The van der Waals surface area contributed by atoms with Crippen molar-refractivity contribution in [3.05, 3.63) is 46.1 Å². The Kier molecular flexibility index (Phi) is 7.54. The first-order chi connectivity index (χ1) is 17.0. The first-order valence-corrected chi connectivity index (χ1v) is 12.5. The van der Waals surface area contributed by atoms with Crippen LogP contribution in [-0.2, 0) is 24.8 Å². The number of fused-ring (bicyclic) bond motifs is 2. The van der Waals surface area contributed by atoms with Gasteiger partial charge in [-0.3, -0.25) is 4.79 Å². The Balaban J connectivity index is 0.00000141. The van der Waals surface area contributed by atoms with Gasteiger partial charge in [-0.15, -0.1) is 11.3 Å². The Labute approximate surface area is 206 Å². The fraction of sp³-hybridized carbons (Fsp3) is 0.375. The van der Waals surface area contributed by atoms with Gasteiger partial charge in [0.2, 0.25) is 6.41 Å². The lowest BCUT2D eigenvalue weighted by Gasteiger charge is -2.11. The topological polar surface area (TPSA) is 104 Å². The summed E-state index contributed by atoms with van der Waals surface area (Å²) in [6.07, 6.45) is 5.15. The van der Waals surface area contributed by atoms with E-state index in [4.69, 9.17) is 4.98 Å². The lowest BCUT2D eigenvalue weighted by molar-refractivity contribution is -0.118. The molecule has 0 saturated carbocycles. The number of carbonyl (C=O) groups is 1. The van der Waals surface area contributed by atoms with Gasteiger partial charge in [-0.1, -0.05) is 13.8 Å². The normalized spacial score (nSPS) is 13.6. The molecule has 0 atom stereocenters. The van der Waals surface area contributed by atoms with E-state index in [9.17, 15) is 9.18 Å². The zero-order valence-corrected chi connectivity index (χ0v) is 21.1. The second-order valence-electron chi connectivity index (χ2n) is 7.99. The van der Waals surface area contributed by atoms with E-state index in [1.807, 2.05) is 32.4 Å². The molecule has 1 amide bonds. The lowest BCUT2D eigenvalue weighted by Crippen LogP contribution is -2.20. The molecule has 0 aromatic carbocycles. The molecule has 0 radical (unpaired) electrons. The molecule has 1 aliphatic rings. The molecule has 4 aromatic heterocycles. The summed E-state index contributed by atoms with van der Waals surface area (Å²) in [6.45, 7) is 7.10. The minimum atomic E-state index is -0.445. The summed E-state index contributed by atoms with van der Waals surface area (Å²) in [5, 5.41) is 11.7. The maximum Gasteiger partial charge on any atom is 0.230 e. The van der Waals surface area contributed by atoms with E-state index in [0.717, 1.165) is 58.1 Å². The molecule has 0 aliphatic carbocycles. The van der Waals surface area contributed by atoms with Crippen molar-refractivity contribution in [2.75, 3.05) is 6.54 Å². The maximum atomic E-state index is 13.4. The SMILES string of the molecule is CC.Cc1c(/C=N\N(C=O)Cc2ccc3cc(F)[nH]c3n2)c2sc(CC3=NNCCC3)nc2n1C. The number of aryl methyl sites for hydroxylation is 1. The first kappa shape index (κ1) is 24.5. The minimum absolute atomic E-state index is 0.173. The largest absolute Gasteiger partial charge is 0.332 e. The van der Waals surface area contributed by atoms with E-state index in [0.29, 0.717) is 23.1 Å². The van der Waals surface area contributed by atoms with Crippen LogP contribution < -0.4 is 5.43 Å². The van der Waals surface area contributed by atoms with Crippen LogP contribution in [0.2, 0.25) is 0 Å². The van der Waals surface area contributed by atoms with Crippen molar-refractivity contribution in [1.82, 2.24) is 30.0 Å². The van der Waals surface area contributed by atoms with E-state index in [1.165, 1.54) is 11.1 Å². The number of amides is 1. The summed E-state index contributed by atoms with van der Waals surface area (Å²) < 4.78 is 16.5. The molecule has 0 saturated heterocycles. The predicted molar refractivity (Wildman–Crippen MR) is 138 cm³/mol. The number of carbonyl (C=O) groups excluding carboxylic acids is 1. The molecular formula is C24H29FN8OS. The van der Waals surface area contributed by atoms with Crippen molar-refractivity contribution in [2.45, 2.75) is 46.6 Å². The summed E-state index contributed by atoms with van der Waals surface area (Å²) in [4.78, 5) is 23.4. The third-order valence-electron chi connectivity index (χ3n) is 5.74. The smallest absolute Gasteiger partial charge is 0.230 e. The van der Waals surface area contributed by atoms with Gasteiger partial charge in [-0.05, 0) is 31.9 Å². The number of halogens is 1. The van der Waals surface area contributed by atoms with Crippen LogP contribution >= 0.6 is 11.3 Å². The second-order valence-corrected chi connectivity index (χ2v) is 9.07. The number of hydrogen-bond donors (Lipinski definition) is 2. The Hall–Kier alpha value is -3.60. The molecule has 0 unspecified atom stereocenters. The van der Waals surface area contributed by atoms with Gasteiger partial charge in [0.05, 0.1) is 23.2 Å². The van der Waals surface area contributed by atoms with Crippen LogP contribution in [-0.4, -0.2) is 49.4 Å². The molecule has 1 aliphatic heterocycles. The number of hydrogen-bond acceptors (Lipinski definition) is 7. The van der Waals surface area contributed by atoms with Gasteiger partial charge in [-0.25, -0.2) is 15.0 Å². The van der Waals surface area contributed by atoms with E-state index in [2.05, 4.69) is 25.6 Å². The summed E-state index contributed by atoms with van der Waals surface area (Å²) in [5.74, 6) is -0.445. The summed E-state index contributed by atoms with van der Waals surface area (Å²) >= 11 is 1.63. The van der Waals surface area contributed by atoms with Crippen LogP contribution in [0.1, 0.15) is 48.6 Å². The molecule has 5 rings (SSSR count). The van der Waals surface area contributed by atoms with Crippen LogP contribution in [0.15, 0.2) is 28.4 Å². The Bertz CT molecular complexity index is 1400. The van der Waals surface area contributed by atoms with E-state index < -0.39 is 5.95 Å². The molecule has 9 nitrogen and oxygen atoms in total. The maximum absolute atomic E-state index is 13.4. The van der Waals surface area contributed by atoms with E-state index in [-0.39, 0.29) is 6.54 Å². The van der Waals surface area contributed by atoms with E-state index >= 15 is 0 Å². The molecule has 0 spiro atoms. The number of thiazole rings is 1. The molecule has 4 aromatic rings. The number of nitrogens with zero attached hydrogens (tertiary/aromatic N) is 6. The van der Waals surface area contributed by atoms with Gasteiger partial charge in [0.1, 0.15) is 10.7 Å². The number of aromatic nitrogens is 4. The van der Waals surface area contributed by atoms with Crippen LogP contribution in [0.3, 0.4) is 0 Å². The predicted octanol–water partition coefficient (Wildman–Crippen LogP) is 4.26. The third-order valence-corrected chi connectivity index (χ3v) is 6.82. The number of pyridine rings is 1. The standard InChI is InChI=1S/C22H23FN8OS.C2H6/c1-13-17(20-22(30(13)2)28-19(33-20)9-15-4-3-7-24-29-15)10-25-31(12-32)11-16-6-5-14-8-18(23)27-21(14)26-16;1-2/h5-6,8,10,12,24H,3-4,7,9,11H2,1-2H3,(H,26,27);1-2H3/b25-10-;. The molecule has 184 valence electrons. The van der Waals surface area contributed by atoms with Gasteiger partial charge >= 0.3 is 0 Å². The number of H-pyrrole nitrogens is 1. The summed E-state index contributed by atoms with van der Waals surface area (Å²) in [5.41, 5.74) is 8.07. The highest BCUT2D eigenvalue weighted by Crippen LogP contribution is 2.30. The quantitative estimate of drug-likeness (QED) is 0.227. The molecule has 11 heteroatoms. The molecular weight excluding hydrogens is 467 g/mol. The number of rotatable bonds is 7. The Morgan fingerprint density at radius 1 is 1.31 bits per heavy atom. The van der Waals surface area contributed by atoms with Crippen molar-refractivity contribution in [3.8, 4) is 0 Å². The first-order valence-electron chi connectivity index (χ1n) is 11.6. The minimum Gasteiger partial charge on any atom is -0.332 e. The van der Waals surface area contributed by atoms with Gasteiger partial charge in [0.25, 0.3) is 0 Å². The monoisotopic (exact) mass is 496 g/mol. The molecule has 35 heavy (non-hydrogen) atoms. The fourth-order valence-corrected chi connectivity index (χ4v) is 5.08. The highest BCUT2D eigenvalue weighted by Gasteiger charge is 2.18. The summed E-state index contributed by atoms with van der Waals surface area (Å²) in [7, 11) is 1.98. The van der Waals surface area contributed by atoms with Crippen molar-refractivity contribution >= 4 is 51.1 Å².